The van der Waals surface area contributed by atoms with Gasteiger partial charge in [-0.25, -0.2) is 0 Å². The molecule has 3 rings (SSSR count). The summed E-state index contributed by atoms with van der Waals surface area (Å²) in [6.07, 6.45) is 2.92. The molecule has 4 nitrogen and oxygen atoms in total. The molecule has 0 saturated heterocycles. The van der Waals surface area contributed by atoms with Crippen LogP contribution < -0.4 is 4.74 Å². The van der Waals surface area contributed by atoms with Crippen molar-refractivity contribution < 1.29 is 14.3 Å². The van der Waals surface area contributed by atoms with Gasteiger partial charge in [-0.05, 0) is 79.1 Å². The van der Waals surface area contributed by atoms with Crippen LogP contribution in [0.4, 0.5) is 0 Å². The van der Waals surface area contributed by atoms with E-state index in [2.05, 4.69) is 16.7 Å². The van der Waals surface area contributed by atoms with Gasteiger partial charge in [-0.3, -0.25) is 4.79 Å². The first-order chi connectivity index (χ1) is 12.7. The molecule has 0 fully saturated rings. The number of aldehydes is 2. The Morgan fingerprint density at radius 1 is 1.00 bits per heavy atom. The number of ether oxygens (including phenoxy) is 1. The Morgan fingerprint density at radius 2 is 1.77 bits per heavy atom. The molecule has 1 heterocycles. The first kappa shape index (κ1) is 17.7. The van der Waals surface area contributed by atoms with E-state index in [0.29, 0.717) is 18.4 Å². The molecule has 0 unspecified atom stereocenters. The van der Waals surface area contributed by atoms with Crippen LogP contribution in [0.25, 0.3) is 16.9 Å². The molecule has 0 saturated carbocycles. The standard InChI is InChI=1S/C22H21NO3/c1-16-14-17(15-25)5-11-21(16)23-19(4-3-13-24)8-12-22(23)18-6-9-20(26-2)10-7-18/h5-15H,3-4H2,1-2H3. The molecule has 0 N–H and O–H groups in total. The minimum absolute atomic E-state index is 0.470. The minimum Gasteiger partial charge on any atom is -0.497 e. The zero-order chi connectivity index (χ0) is 18.5. The molecular weight excluding hydrogens is 326 g/mol. The maximum absolute atomic E-state index is 11.1. The van der Waals surface area contributed by atoms with E-state index in [1.54, 1.807) is 7.11 Å². The number of hydrogen-bond acceptors (Lipinski definition) is 3. The van der Waals surface area contributed by atoms with Gasteiger partial charge >= 0.3 is 0 Å². The minimum atomic E-state index is 0.470. The third-order valence-corrected chi connectivity index (χ3v) is 4.46. The average Bonchev–Trinajstić information content (AvgIpc) is 3.09. The number of aromatic nitrogens is 1. The summed E-state index contributed by atoms with van der Waals surface area (Å²) >= 11 is 0. The number of benzene rings is 2. The Hall–Kier alpha value is -3.14. The highest BCUT2D eigenvalue weighted by molar-refractivity contribution is 5.76. The van der Waals surface area contributed by atoms with Gasteiger partial charge < -0.3 is 14.1 Å². The molecule has 0 spiro atoms. The van der Waals surface area contributed by atoms with E-state index < -0.39 is 0 Å². The van der Waals surface area contributed by atoms with E-state index in [1.807, 2.05) is 49.4 Å². The summed E-state index contributed by atoms with van der Waals surface area (Å²) in [6, 6.07) is 17.7. The molecule has 0 aliphatic rings. The van der Waals surface area contributed by atoms with Gasteiger partial charge in [-0.1, -0.05) is 0 Å². The molecule has 3 aromatic rings. The van der Waals surface area contributed by atoms with Gasteiger partial charge in [0, 0.05) is 23.4 Å². The third kappa shape index (κ3) is 3.45. The Bertz CT molecular complexity index is 923. The first-order valence-corrected chi connectivity index (χ1v) is 8.53. The SMILES string of the molecule is COc1ccc(-c2ccc(CCC=O)n2-c2ccc(C=O)cc2C)cc1. The summed E-state index contributed by atoms with van der Waals surface area (Å²) in [7, 11) is 1.65. The van der Waals surface area contributed by atoms with Crippen LogP contribution in [0.5, 0.6) is 5.75 Å². The van der Waals surface area contributed by atoms with Crippen molar-refractivity contribution in [2.75, 3.05) is 7.11 Å². The predicted molar refractivity (Wildman–Crippen MR) is 102 cm³/mol. The van der Waals surface area contributed by atoms with E-state index in [4.69, 9.17) is 4.74 Å². The molecule has 0 atom stereocenters. The normalized spacial score (nSPS) is 10.5. The molecule has 132 valence electrons. The second-order valence-corrected chi connectivity index (χ2v) is 6.14. The molecule has 0 radical (unpaired) electrons. The average molecular weight is 347 g/mol. The Kier molecular flexibility index (Phi) is 5.32. The number of carbonyl (C=O) groups excluding carboxylic acids is 2. The lowest BCUT2D eigenvalue weighted by Crippen LogP contribution is -2.05. The van der Waals surface area contributed by atoms with Crippen molar-refractivity contribution in [1.29, 1.82) is 0 Å². The Morgan fingerprint density at radius 3 is 2.38 bits per heavy atom. The Labute approximate surface area is 153 Å². The van der Waals surface area contributed by atoms with Crippen LogP contribution >= 0.6 is 0 Å². The van der Waals surface area contributed by atoms with E-state index in [0.717, 1.165) is 46.5 Å². The smallest absolute Gasteiger partial charge is 0.150 e. The molecule has 26 heavy (non-hydrogen) atoms. The van der Waals surface area contributed by atoms with Crippen LogP contribution in [-0.4, -0.2) is 24.2 Å². The fourth-order valence-corrected chi connectivity index (χ4v) is 3.16. The quantitative estimate of drug-likeness (QED) is 0.595. The highest BCUT2D eigenvalue weighted by atomic mass is 16.5. The molecule has 2 aromatic carbocycles. The highest BCUT2D eigenvalue weighted by Crippen LogP contribution is 2.30. The van der Waals surface area contributed by atoms with Gasteiger partial charge in [-0.2, -0.15) is 0 Å². The molecule has 0 aliphatic carbocycles. The van der Waals surface area contributed by atoms with Gasteiger partial charge in [0.25, 0.3) is 0 Å². The third-order valence-electron chi connectivity index (χ3n) is 4.46. The highest BCUT2D eigenvalue weighted by Gasteiger charge is 2.14. The van der Waals surface area contributed by atoms with Crippen molar-refractivity contribution in [3.05, 3.63) is 71.4 Å². The number of aryl methyl sites for hydroxylation is 2. The van der Waals surface area contributed by atoms with Gasteiger partial charge in [0.05, 0.1) is 12.8 Å². The van der Waals surface area contributed by atoms with Crippen LogP contribution in [-0.2, 0) is 11.2 Å². The molecule has 0 aliphatic heterocycles. The molecular formula is C22H21NO3. The van der Waals surface area contributed by atoms with Gasteiger partial charge in [0.1, 0.15) is 18.3 Å². The second kappa shape index (κ2) is 7.83. The van der Waals surface area contributed by atoms with Gasteiger partial charge in [0.2, 0.25) is 0 Å². The zero-order valence-corrected chi connectivity index (χ0v) is 14.9. The summed E-state index contributed by atoms with van der Waals surface area (Å²) in [6.45, 7) is 1.99. The fraction of sp³-hybridized carbons (Fsp3) is 0.182. The monoisotopic (exact) mass is 347 g/mol. The van der Waals surface area contributed by atoms with E-state index >= 15 is 0 Å². The number of hydrogen-bond donors (Lipinski definition) is 0. The zero-order valence-electron chi connectivity index (χ0n) is 14.9. The van der Waals surface area contributed by atoms with Crippen molar-refractivity contribution >= 4 is 12.6 Å². The maximum Gasteiger partial charge on any atom is 0.150 e. The summed E-state index contributed by atoms with van der Waals surface area (Å²) in [5.41, 5.74) is 5.82. The summed E-state index contributed by atoms with van der Waals surface area (Å²) in [4.78, 5) is 21.9. The maximum atomic E-state index is 11.1. The van der Waals surface area contributed by atoms with Gasteiger partial charge in [0.15, 0.2) is 0 Å². The van der Waals surface area contributed by atoms with Crippen molar-refractivity contribution in [1.82, 2.24) is 4.57 Å². The van der Waals surface area contributed by atoms with Crippen LogP contribution in [0, 0.1) is 6.92 Å². The molecule has 0 bridgehead atoms. The summed E-state index contributed by atoms with van der Waals surface area (Å²) in [5.74, 6) is 0.805. The number of rotatable bonds is 7. The second-order valence-electron chi connectivity index (χ2n) is 6.14. The molecule has 0 amide bonds. The van der Waals surface area contributed by atoms with Gasteiger partial charge in [-0.15, -0.1) is 0 Å². The lowest BCUT2D eigenvalue weighted by molar-refractivity contribution is -0.107. The Balaban J connectivity index is 2.15. The topological polar surface area (TPSA) is 48.3 Å². The van der Waals surface area contributed by atoms with Crippen LogP contribution in [0.3, 0.4) is 0 Å². The van der Waals surface area contributed by atoms with Crippen molar-refractivity contribution in [3.8, 4) is 22.7 Å². The molecule has 4 heteroatoms. The van der Waals surface area contributed by atoms with E-state index in [9.17, 15) is 9.59 Å². The fourth-order valence-electron chi connectivity index (χ4n) is 3.16. The van der Waals surface area contributed by atoms with E-state index in [1.165, 1.54) is 0 Å². The number of nitrogens with zero attached hydrogens (tertiary/aromatic N) is 1. The van der Waals surface area contributed by atoms with Crippen molar-refractivity contribution in [2.45, 2.75) is 19.8 Å². The molecule has 1 aromatic heterocycles. The van der Waals surface area contributed by atoms with Crippen LogP contribution in [0.1, 0.15) is 28.0 Å². The first-order valence-electron chi connectivity index (χ1n) is 8.53. The van der Waals surface area contributed by atoms with Crippen LogP contribution in [0.2, 0.25) is 0 Å². The van der Waals surface area contributed by atoms with E-state index in [-0.39, 0.29) is 0 Å². The van der Waals surface area contributed by atoms with Crippen molar-refractivity contribution in [3.63, 3.8) is 0 Å². The number of methoxy groups -OCH3 is 1. The summed E-state index contributed by atoms with van der Waals surface area (Å²) < 4.78 is 7.41. The van der Waals surface area contributed by atoms with Crippen molar-refractivity contribution in [2.24, 2.45) is 0 Å². The lowest BCUT2D eigenvalue weighted by atomic mass is 10.1. The number of carbonyl (C=O) groups is 2. The largest absolute Gasteiger partial charge is 0.497 e. The predicted octanol–water partition coefficient (Wildman–Crippen LogP) is 4.41. The lowest BCUT2D eigenvalue weighted by Gasteiger charge is -2.16. The van der Waals surface area contributed by atoms with Crippen LogP contribution in [0.15, 0.2) is 54.6 Å². The summed E-state index contributed by atoms with van der Waals surface area (Å²) in [5, 5.41) is 0.